The molecule has 3 aromatic rings. The molecule has 2 atom stereocenters. The average molecular weight is 430 g/mol. The summed E-state index contributed by atoms with van der Waals surface area (Å²) in [4.78, 5) is 20.9. The molecular formula is C16H18N2O4P2Zn+2. The third-order valence-electron chi connectivity index (χ3n) is 2.59. The monoisotopic (exact) mass is 428 g/mol. The molecule has 0 aliphatic heterocycles. The topological polar surface area (TPSA) is 92.4 Å². The Hall–Kier alpha value is -1.61. The summed E-state index contributed by atoms with van der Waals surface area (Å²) >= 11 is 0. The predicted octanol–water partition coefficient (Wildman–Crippen LogP) is 2.51. The summed E-state index contributed by atoms with van der Waals surface area (Å²) in [5.74, 6) is 0. The van der Waals surface area contributed by atoms with Crippen LogP contribution >= 0.6 is 16.1 Å². The van der Waals surface area contributed by atoms with Crippen molar-refractivity contribution in [1.29, 1.82) is 0 Å². The van der Waals surface area contributed by atoms with Crippen LogP contribution in [0.2, 0.25) is 0 Å². The fourth-order valence-electron chi connectivity index (χ4n) is 1.44. The first-order valence-electron chi connectivity index (χ1n) is 6.85. The first-order chi connectivity index (χ1) is 11.5. The minimum atomic E-state index is -2.15. The van der Waals surface area contributed by atoms with Crippen molar-refractivity contribution in [3.8, 4) is 0 Å². The summed E-state index contributed by atoms with van der Waals surface area (Å²) in [7, 11) is -2.35. The number of hydrogen-bond acceptors (Lipinski definition) is 3. The summed E-state index contributed by atoms with van der Waals surface area (Å²) in [6, 6.07) is 17.1. The van der Waals surface area contributed by atoms with Gasteiger partial charge in [-0.15, -0.1) is 0 Å². The third kappa shape index (κ3) is 10.8. The second-order valence-electron chi connectivity index (χ2n) is 4.45. The number of imidazole rings is 1. The standard InChI is InChI=1S/2C6H5O2P.C4H6N2.Zn/c2*7-9(8)6-4-2-1-3-5-6;1-6-3-2-5-4-6;/h2*1-5H;2-4H,1H3;/p+2. The van der Waals surface area contributed by atoms with Gasteiger partial charge in [0.25, 0.3) is 0 Å². The molecule has 126 valence electrons. The quantitative estimate of drug-likeness (QED) is 0.482. The predicted molar refractivity (Wildman–Crippen MR) is 95.0 cm³/mol. The van der Waals surface area contributed by atoms with E-state index >= 15 is 0 Å². The van der Waals surface area contributed by atoms with E-state index in [1.165, 1.54) is 0 Å². The molecule has 0 saturated carbocycles. The zero-order valence-corrected chi connectivity index (χ0v) is 18.5. The van der Waals surface area contributed by atoms with E-state index in [9.17, 15) is 9.13 Å². The van der Waals surface area contributed by atoms with Crippen molar-refractivity contribution in [2.24, 2.45) is 7.05 Å². The first-order valence-corrected chi connectivity index (χ1v) is 9.27. The van der Waals surface area contributed by atoms with E-state index < -0.39 is 16.1 Å². The van der Waals surface area contributed by atoms with E-state index in [0.29, 0.717) is 10.6 Å². The van der Waals surface area contributed by atoms with E-state index in [1.54, 1.807) is 61.1 Å². The third-order valence-corrected chi connectivity index (χ3v) is 4.07. The summed E-state index contributed by atoms with van der Waals surface area (Å²) in [5.41, 5.74) is 0. The summed E-state index contributed by atoms with van der Waals surface area (Å²) in [6.45, 7) is 0. The van der Waals surface area contributed by atoms with Crippen molar-refractivity contribution in [2.75, 3.05) is 0 Å². The fourth-order valence-corrected chi connectivity index (χ4v) is 2.29. The van der Waals surface area contributed by atoms with Gasteiger partial charge in [0.1, 0.15) is 0 Å². The van der Waals surface area contributed by atoms with Crippen molar-refractivity contribution < 1.29 is 38.4 Å². The minimum absolute atomic E-state index is 0. The molecule has 0 bridgehead atoms. The molecule has 2 unspecified atom stereocenters. The number of benzene rings is 2. The Kier molecular flexibility index (Phi) is 12.8. The Morgan fingerprint density at radius 1 is 0.840 bits per heavy atom. The molecule has 2 aromatic carbocycles. The number of aromatic nitrogens is 2. The van der Waals surface area contributed by atoms with Gasteiger partial charge in [-0.2, -0.15) is 9.79 Å². The van der Waals surface area contributed by atoms with Crippen LogP contribution in [0, 0.1) is 0 Å². The van der Waals surface area contributed by atoms with Gasteiger partial charge in [0.05, 0.1) is 6.33 Å². The van der Waals surface area contributed by atoms with Crippen LogP contribution < -0.4 is 10.6 Å². The normalized spacial score (nSPS) is 10.0. The van der Waals surface area contributed by atoms with Crippen LogP contribution in [-0.2, 0) is 35.7 Å². The summed E-state index contributed by atoms with van der Waals surface area (Å²) in [6.07, 6.45) is 5.39. The van der Waals surface area contributed by atoms with Gasteiger partial charge >= 0.3 is 16.1 Å². The Balaban J connectivity index is 0.000000346. The van der Waals surface area contributed by atoms with E-state index in [2.05, 4.69) is 4.98 Å². The Bertz CT molecular complexity index is 692. The van der Waals surface area contributed by atoms with Crippen molar-refractivity contribution in [1.82, 2.24) is 9.55 Å². The molecule has 0 fully saturated rings. The molecule has 2 N–H and O–H groups in total. The molecule has 25 heavy (non-hydrogen) atoms. The van der Waals surface area contributed by atoms with Crippen molar-refractivity contribution in [3.05, 3.63) is 79.4 Å². The molecule has 0 amide bonds. The molecule has 1 heterocycles. The second kappa shape index (κ2) is 13.7. The largest absolute Gasteiger partial charge is 0.546 e. The zero-order chi connectivity index (χ0) is 17.8. The van der Waals surface area contributed by atoms with E-state index in [-0.39, 0.29) is 19.5 Å². The molecule has 0 radical (unpaired) electrons. The molecule has 3 rings (SSSR count). The van der Waals surface area contributed by atoms with Crippen LogP contribution in [0.1, 0.15) is 0 Å². The van der Waals surface area contributed by atoms with E-state index in [4.69, 9.17) is 9.79 Å². The fraction of sp³-hybridized carbons (Fsp3) is 0.0625. The number of nitrogens with zero attached hydrogens (tertiary/aromatic N) is 2. The zero-order valence-electron chi connectivity index (χ0n) is 13.7. The van der Waals surface area contributed by atoms with Crippen molar-refractivity contribution >= 4 is 26.7 Å². The van der Waals surface area contributed by atoms with Crippen molar-refractivity contribution in [3.63, 3.8) is 0 Å². The maximum atomic E-state index is 10.3. The maximum absolute atomic E-state index is 10.3. The molecule has 1 aromatic heterocycles. The summed E-state index contributed by atoms with van der Waals surface area (Å²) < 4.78 is 22.6. The van der Waals surface area contributed by atoms with E-state index in [0.717, 1.165) is 0 Å². The molecule has 0 spiro atoms. The van der Waals surface area contributed by atoms with Gasteiger partial charge in [-0.25, -0.2) is 4.98 Å². The van der Waals surface area contributed by atoms with Gasteiger partial charge in [-0.05, 0) is 33.4 Å². The molecule has 0 aliphatic carbocycles. The molecule has 0 saturated heterocycles. The average Bonchev–Trinajstić information content (AvgIpc) is 3.08. The number of rotatable bonds is 2. The number of aryl methyl sites for hydroxylation is 1. The van der Waals surface area contributed by atoms with Gasteiger partial charge in [-0.3, -0.25) is 0 Å². The van der Waals surface area contributed by atoms with E-state index in [1.807, 2.05) is 29.9 Å². The van der Waals surface area contributed by atoms with Gasteiger partial charge in [-0.1, -0.05) is 36.4 Å². The van der Waals surface area contributed by atoms with Crippen LogP contribution in [-0.4, -0.2) is 19.3 Å². The van der Waals surface area contributed by atoms with Crippen LogP contribution in [0.3, 0.4) is 0 Å². The van der Waals surface area contributed by atoms with Crippen LogP contribution in [0.15, 0.2) is 79.4 Å². The minimum Gasteiger partial charge on any atom is -0.341 e. The Labute approximate surface area is 161 Å². The molecule has 9 heteroatoms. The number of hydrogen-bond donors (Lipinski definition) is 2. The van der Waals surface area contributed by atoms with Crippen LogP contribution in [0.25, 0.3) is 0 Å². The van der Waals surface area contributed by atoms with Crippen LogP contribution in [0.4, 0.5) is 0 Å². The van der Waals surface area contributed by atoms with Crippen LogP contribution in [0.5, 0.6) is 0 Å². The van der Waals surface area contributed by atoms with Gasteiger partial charge in [0.2, 0.25) is 10.6 Å². The molecular weight excluding hydrogens is 412 g/mol. The molecule has 6 nitrogen and oxygen atoms in total. The Morgan fingerprint density at radius 3 is 1.40 bits per heavy atom. The van der Waals surface area contributed by atoms with Gasteiger partial charge < -0.3 is 4.57 Å². The smallest absolute Gasteiger partial charge is 0.341 e. The van der Waals surface area contributed by atoms with Gasteiger partial charge in [0.15, 0.2) is 0 Å². The van der Waals surface area contributed by atoms with Gasteiger partial charge in [0, 0.05) is 38.9 Å². The first kappa shape index (κ1) is 23.4. The maximum Gasteiger partial charge on any atom is 0.546 e. The summed E-state index contributed by atoms with van der Waals surface area (Å²) in [5, 5.41) is 0.958. The SMILES string of the molecule is Cn1ccnc1.O=[P+](O)c1ccccc1.O=[P+](O)c1ccccc1.[Zn]. The van der Waals surface area contributed by atoms with Crippen molar-refractivity contribution in [2.45, 2.75) is 0 Å². The molecule has 0 aliphatic rings. The second-order valence-corrected chi connectivity index (χ2v) is 6.57. The Morgan fingerprint density at radius 2 is 1.24 bits per heavy atom.